The number of nitrogens with zero attached hydrogens (tertiary/aromatic N) is 2. The summed E-state index contributed by atoms with van der Waals surface area (Å²) in [6, 6.07) is 0. The Bertz CT molecular complexity index is 412. The standard InChI is InChI=1S/C14H25FN4O/c1-5-7-16-13-17-9-11(15)12(19-13)18-10-14(2,3)6-8-20-4/h9H,5-8,10H2,1-4H3,(H2,16,17,18,19). The first-order valence-electron chi connectivity index (χ1n) is 6.97. The van der Waals surface area contributed by atoms with Gasteiger partial charge in [0.1, 0.15) is 0 Å². The Hall–Kier alpha value is -1.43. The van der Waals surface area contributed by atoms with Crippen molar-refractivity contribution in [3.8, 4) is 0 Å². The lowest BCUT2D eigenvalue weighted by molar-refractivity contribution is 0.157. The Morgan fingerprint density at radius 3 is 2.75 bits per heavy atom. The molecule has 0 atom stereocenters. The summed E-state index contributed by atoms with van der Waals surface area (Å²) in [6.45, 7) is 8.34. The third-order valence-electron chi connectivity index (χ3n) is 2.99. The maximum Gasteiger partial charge on any atom is 0.224 e. The number of ether oxygens (including phenoxy) is 1. The average molecular weight is 284 g/mol. The molecule has 0 saturated heterocycles. The lowest BCUT2D eigenvalue weighted by Crippen LogP contribution is -2.25. The third kappa shape index (κ3) is 5.69. The van der Waals surface area contributed by atoms with Gasteiger partial charge in [-0.15, -0.1) is 0 Å². The van der Waals surface area contributed by atoms with Gasteiger partial charge in [0.05, 0.1) is 6.20 Å². The van der Waals surface area contributed by atoms with E-state index in [0.717, 1.165) is 19.4 Å². The number of rotatable bonds is 9. The van der Waals surface area contributed by atoms with Crippen LogP contribution in [0.2, 0.25) is 0 Å². The first kappa shape index (κ1) is 16.6. The second-order valence-electron chi connectivity index (χ2n) is 5.58. The third-order valence-corrected chi connectivity index (χ3v) is 2.99. The van der Waals surface area contributed by atoms with Crippen molar-refractivity contribution >= 4 is 11.8 Å². The smallest absolute Gasteiger partial charge is 0.224 e. The molecule has 0 spiro atoms. The summed E-state index contributed by atoms with van der Waals surface area (Å²) in [6.07, 6.45) is 3.05. The van der Waals surface area contributed by atoms with Gasteiger partial charge in [-0.1, -0.05) is 20.8 Å². The number of hydrogen-bond donors (Lipinski definition) is 2. The lowest BCUT2D eigenvalue weighted by atomic mass is 9.90. The van der Waals surface area contributed by atoms with E-state index in [1.807, 2.05) is 6.92 Å². The van der Waals surface area contributed by atoms with E-state index in [-0.39, 0.29) is 11.2 Å². The molecule has 6 heteroatoms. The molecule has 114 valence electrons. The molecule has 0 unspecified atom stereocenters. The highest BCUT2D eigenvalue weighted by Gasteiger charge is 2.18. The molecular formula is C14H25FN4O. The van der Waals surface area contributed by atoms with E-state index in [1.54, 1.807) is 7.11 Å². The minimum atomic E-state index is -0.436. The molecule has 1 aromatic rings. The predicted molar refractivity (Wildman–Crippen MR) is 79.5 cm³/mol. The van der Waals surface area contributed by atoms with E-state index >= 15 is 0 Å². The molecule has 0 aliphatic heterocycles. The SMILES string of the molecule is CCCNc1ncc(F)c(NCC(C)(C)CCOC)n1. The Morgan fingerprint density at radius 1 is 1.35 bits per heavy atom. The van der Waals surface area contributed by atoms with E-state index in [4.69, 9.17) is 4.74 Å². The molecule has 1 aromatic heterocycles. The Morgan fingerprint density at radius 2 is 2.10 bits per heavy atom. The highest BCUT2D eigenvalue weighted by molar-refractivity contribution is 5.41. The van der Waals surface area contributed by atoms with Crippen LogP contribution in [0, 0.1) is 11.2 Å². The van der Waals surface area contributed by atoms with Crippen LogP contribution >= 0.6 is 0 Å². The maximum atomic E-state index is 13.7. The maximum absolute atomic E-state index is 13.7. The van der Waals surface area contributed by atoms with Gasteiger partial charge in [-0.05, 0) is 18.3 Å². The monoisotopic (exact) mass is 284 g/mol. The molecule has 0 aromatic carbocycles. The molecular weight excluding hydrogens is 259 g/mol. The molecule has 0 aliphatic rings. The highest BCUT2D eigenvalue weighted by atomic mass is 19.1. The molecule has 0 aliphatic carbocycles. The normalized spacial score (nSPS) is 11.4. The van der Waals surface area contributed by atoms with E-state index in [1.165, 1.54) is 6.20 Å². The topological polar surface area (TPSA) is 59.1 Å². The average Bonchev–Trinajstić information content (AvgIpc) is 2.43. The lowest BCUT2D eigenvalue weighted by Gasteiger charge is -2.25. The van der Waals surface area contributed by atoms with Gasteiger partial charge in [0, 0.05) is 26.8 Å². The molecule has 1 heterocycles. The predicted octanol–water partition coefficient (Wildman–Crippen LogP) is 2.91. The summed E-state index contributed by atoms with van der Waals surface area (Å²) in [5.41, 5.74) is 0.00438. The Labute approximate surface area is 120 Å². The number of halogens is 1. The van der Waals surface area contributed by atoms with Crippen molar-refractivity contribution in [2.45, 2.75) is 33.6 Å². The zero-order valence-corrected chi connectivity index (χ0v) is 12.8. The van der Waals surface area contributed by atoms with Crippen LogP contribution in [-0.4, -0.2) is 36.8 Å². The van der Waals surface area contributed by atoms with Gasteiger partial charge in [0.2, 0.25) is 5.95 Å². The van der Waals surface area contributed by atoms with Gasteiger partial charge in [-0.3, -0.25) is 0 Å². The molecule has 0 saturated carbocycles. The molecule has 0 bridgehead atoms. The first-order valence-corrected chi connectivity index (χ1v) is 6.97. The number of nitrogens with one attached hydrogen (secondary N) is 2. The van der Waals surface area contributed by atoms with Crippen LogP contribution in [0.25, 0.3) is 0 Å². The quantitative estimate of drug-likeness (QED) is 0.730. The van der Waals surface area contributed by atoms with E-state index < -0.39 is 5.82 Å². The van der Waals surface area contributed by atoms with Gasteiger partial charge in [-0.25, -0.2) is 9.37 Å². The van der Waals surface area contributed by atoms with Crippen LogP contribution in [0.5, 0.6) is 0 Å². The largest absolute Gasteiger partial charge is 0.385 e. The number of methoxy groups -OCH3 is 1. The number of hydrogen-bond acceptors (Lipinski definition) is 5. The Kier molecular flexibility index (Phi) is 6.64. The van der Waals surface area contributed by atoms with Gasteiger partial charge in [0.25, 0.3) is 0 Å². The minimum Gasteiger partial charge on any atom is -0.385 e. The van der Waals surface area contributed by atoms with Gasteiger partial charge >= 0.3 is 0 Å². The van der Waals surface area contributed by atoms with Crippen molar-refractivity contribution in [1.82, 2.24) is 9.97 Å². The van der Waals surface area contributed by atoms with Crippen LogP contribution in [0.3, 0.4) is 0 Å². The first-order chi connectivity index (χ1) is 9.48. The molecule has 0 fully saturated rings. The molecule has 1 rings (SSSR count). The van der Waals surface area contributed by atoms with Crippen LogP contribution in [0.1, 0.15) is 33.6 Å². The number of aromatic nitrogens is 2. The summed E-state index contributed by atoms with van der Waals surface area (Å²) in [5.74, 6) is 0.254. The van der Waals surface area contributed by atoms with Crippen molar-refractivity contribution in [1.29, 1.82) is 0 Å². The summed E-state index contributed by atoms with van der Waals surface area (Å²) in [7, 11) is 1.68. The van der Waals surface area contributed by atoms with Crippen molar-refractivity contribution in [2.75, 3.05) is 37.4 Å². The fraction of sp³-hybridized carbons (Fsp3) is 0.714. The minimum absolute atomic E-state index is 0.00438. The second-order valence-corrected chi connectivity index (χ2v) is 5.58. The summed E-state index contributed by atoms with van der Waals surface area (Å²) >= 11 is 0. The molecule has 5 nitrogen and oxygen atoms in total. The van der Waals surface area contributed by atoms with Crippen LogP contribution in [-0.2, 0) is 4.74 Å². The number of anilines is 2. The van der Waals surface area contributed by atoms with Crippen molar-refractivity contribution < 1.29 is 9.13 Å². The van der Waals surface area contributed by atoms with Gasteiger partial charge in [-0.2, -0.15) is 4.98 Å². The fourth-order valence-electron chi connectivity index (χ4n) is 1.60. The zero-order chi connectivity index (χ0) is 15.0. The van der Waals surface area contributed by atoms with Crippen molar-refractivity contribution in [3.63, 3.8) is 0 Å². The molecule has 0 amide bonds. The van der Waals surface area contributed by atoms with Crippen LogP contribution < -0.4 is 10.6 Å². The second kappa shape index (κ2) is 7.99. The Balaban J connectivity index is 2.61. The molecule has 0 radical (unpaired) electrons. The fourth-order valence-corrected chi connectivity index (χ4v) is 1.60. The van der Waals surface area contributed by atoms with Crippen molar-refractivity contribution in [2.24, 2.45) is 5.41 Å². The van der Waals surface area contributed by atoms with E-state index in [0.29, 0.717) is 19.1 Å². The van der Waals surface area contributed by atoms with Gasteiger partial charge < -0.3 is 15.4 Å². The van der Waals surface area contributed by atoms with E-state index in [9.17, 15) is 4.39 Å². The highest BCUT2D eigenvalue weighted by Crippen LogP contribution is 2.22. The van der Waals surface area contributed by atoms with Crippen LogP contribution in [0.15, 0.2) is 6.20 Å². The summed E-state index contributed by atoms with van der Waals surface area (Å²) in [5, 5.41) is 6.10. The summed E-state index contributed by atoms with van der Waals surface area (Å²) in [4.78, 5) is 8.07. The summed E-state index contributed by atoms with van der Waals surface area (Å²) < 4.78 is 18.8. The molecule has 2 N–H and O–H groups in total. The van der Waals surface area contributed by atoms with E-state index in [2.05, 4.69) is 34.4 Å². The van der Waals surface area contributed by atoms with Crippen molar-refractivity contribution in [3.05, 3.63) is 12.0 Å². The zero-order valence-electron chi connectivity index (χ0n) is 12.8. The molecule has 20 heavy (non-hydrogen) atoms. The van der Waals surface area contributed by atoms with Crippen LogP contribution in [0.4, 0.5) is 16.2 Å². The van der Waals surface area contributed by atoms with Gasteiger partial charge in [0.15, 0.2) is 11.6 Å².